The Hall–Kier alpha value is -2.67. The molecule has 1 aromatic heterocycles. The van der Waals surface area contributed by atoms with Gasteiger partial charge < -0.3 is 19.9 Å². The van der Waals surface area contributed by atoms with Crippen LogP contribution in [-0.4, -0.2) is 23.3 Å². The molecule has 5 nitrogen and oxygen atoms in total. The van der Waals surface area contributed by atoms with Gasteiger partial charge in [-0.3, -0.25) is 4.79 Å². The van der Waals surface area contributed by atoms with Crippen molar-refractivity contribution in [3.63, 3.8) is 0 Å². The lowest BCUT2D eigenvalue weighted by Crippen LogP contribution is -2.42. The van der Waals surface area contributed by atoms with E-state index in [0.29, 0.717) is 18.8 Å². The third-order valence-electron chi connectivity index (χ3n) is 6.27. The molecule has 1 aliphatic carbocycles. The molecule has 0 unspecified atom stereocenters. The number of carbonyl (C=O) groups excluding carboxylic acids is 1. The largest absolute Gasteiger partial charge is 0.459 e. The number of carbonyl (C=O) groups is 1. The zero-order chi connectivity index (χ0) is 21.9. The number of hydrogen-bond donors (Lipinski definition) is 2. The van der Waals surface area contributed by atoms with Gasteiger partial charge in [0.25, 0.3) is 5.91 Å². The molecule has 3 aromatic rings. The van der Waals surface area contributed by atoms with Crippen molar-refractivity contribution in [3.8, 4) is 0 Å². The minimum Gasteiger partial charge on any atom is -0.459 e. The highest BCUT2D eigenvalue weighted by Gasteiger charge is 2.31. The van der Waals surface area contributed by atoms with Gasteiger partial charge in [0.15, 0.2) is 5.76 Å². The van der Waals surface area contributed by atoms with E-state index in [4.69, 9.17) is 9.47 Å². The van der Waals surface area contributed by atoms with Crippen LogP contribution in [0.25, 0.3) is 10.1 Å². The van der Waals surface area contributed by atoms with E-state index in [0.717, 1.165) is 30.4 Å². The van der Waals surface area contributed by atoms with Crippen LogP contribution in [0.1, 0.15) is 48.3 Å². The summed E-state index contributed by atoms with van der Waals surface area (Å²) in [5, 5.41) is 15.7. The number of rotatable bonds is 7. The number of aliphatic hydroxyl groups excluding tert-OH is 1. The third kappa shape index (κ3) is 4.58. The molecule has 2 heterocycles. The maximum atomic E-state index is 12.9. The van der Waals surface area contributed by atoms with Crippen molar-refractivity contribution < 1.29 is 19.4 Å². The Balaban J connectivity index is 1.35. The van der Waals surface area contributed by atoms with Crippen LogP contribution in [0.2, 0.25) is 0 Å². The fraction of sp³-hybridized carbons (Fsp3) is 0.346. The van der Waals surface area contributed by atoms with Crippen LogP contribution in [0.4, 0.5) is 0 Å². The lowest BCUT2D eigenvalue weighted by atomic mass is 9.91. The van der Waals surface area contributed by atoms with E-state index in [1.165, 1.54) is 15.6 Å². The Labute approximate surface area is 191 Å². The molecule has 0 bridgehead atoms. The molecule has 1 saturated carbocycles. The molecule has 2 atom stereocenters. The van der Waals surface area contributed by atoms with Gasteiger partial charge in [-0.05, 0) is 58.9 Å². The first-order chi connectivity index (χ1) is 15.7. The van der Waals surface area contributed by atoms with Crippen molar-refractivity contribution in [2.45, 2.75) is 57.1 Å². The average molecular weight is 450 g/mol. The second-order valence-electron chi connectivity index (χ2n) is 8.49. The molecular weight excluding hydrogens is 422 g/mol. The van der Waals surface area contributed by atoms with Crippen LogP contribution >= 0.6 is 11.3 Å². The highest BCUT2D eigenvalue weighted by atomic mass is 32.1. The minimum absolute atomic E-state index is 0.0212. The number of fused-ring (bicyclic) bond motifs is 1. The highest BCUT2D eigenvalue weighted by Crippen LogP contribution is 2.38. The fourth-order valence-corrected chi connectivity index (χ4v) is 5.19. The lowest BCUT2D eigenvalue weighted by molar-refractivity contribution is -0.150. The van der Waals surface area contributed by atoms with Crippen LogP contribution < -0.4 is 5.32 Å². The number of thiophene rings is 1. The molecule has 2 aliphatic rings. The van der Waals surface area contributed by atoms with Crippen molar-refractivity contribution in [1.82, 2.24) is 5.32 Å². The minimum atomic E-state index is -0.511. The zero-order valence-corrected chi connectivity index (χ0v) is 18.6. The van der Waals surface area contributed by atoms with Gasteiger partial charge in [0.1, 0.15) is 0 Å². The molecule has 2 aromatic carbocycles. The quantitative estimate of drug-likeness (QED) is 0.533. The molecule has 2 N–H and O–H groups in total. The monoisotopic (exact) mass is 449 g/mol. The molecule has 0 saturated heterocycles. The molecule has 0 radical (unpaired) electrons. The maximum Gasteiger partial charge on any atom is 0.286 e. The normalized spacial score (nSPS) is 21.0. The standard InChI is InChI=1S/C26H27NO4S/c28-14-17-8-10-18(11-9-17)15-30-25-13-19(22-16-32-24-7-2-1-6-21(22)24)12-23(31-25)26(29)27-20-4-3-5-20/h1-2,6-12,16,19-20,25,28H,3-5,13-15H2,(H,27,29)/t19-,25+/m1/s1. The maximum absolute atomic E-state index is 12.9. The number of benzene rings is 2. The van der Waals surface area contributed by atoms with Gasteiger partial charge in [0.05, 0.1) is 13.2 Å². The van der Waals surface area contributed by atoms with Crippen LogP contribution in [0, 0.1) is 0 Å². The van der Waals surface area contributed by atoms with Gasteiger partial charge in [-0.15, -0.1) is 11.3 Å². The number of aliphatic hydroxyl groups is 1. The topological polar surface area (TPSA) is 67.8 Å². The van der Waals surface area contributed by atoms with Crippen molar-refractivity contribution >= 4 is 27.3 Å². The summed E-state index contributed by atoms with van der Waals surface area (Å²) in [5.41, 5.74) is 3.08. The molecule has 1 amide bonds. The summed E-state index contributed by atoms with van der Waals surface area (Å²) in [4.78, 5) is 12.9. The lowest BCUT2D eigenvalue weighted by Gasteiger charge is -2.31. The summed E-state index contributed by atoms with van der Waals surface area (Å²) in [6.45, 7) is 0.401. The molecular formula is C26H27NO4S. The number of nitrogens with one attached hydrogen (secondary N) is 1. The van der Waals surface area contributed by atoms with Crippen LogP contribution in [0.3, 0.4) is 0 Å². The summed E-state index contributed by atoms with van der Waals surface area (Å²) < 4.78 is 13.4. The van der Waals surface area contributed by atoms with Crippen molar-refractivity contribution in [1.29, 1.82) is 0 Å². The first-order valence-electron chi connectivity index (χ1n) is 11.2. The summed E-state index contributed by atoms with van der Waals surface area (Å²) in [6, 6.07) is 16.3. The predicted octanol–water partition coefficient (Wildman–Crippen LogP) is 4.99. The summed E-state index contributed by atoms with van der Waals surface area (Å²) in [5.74, 6) is 0.243. The smallest absolute Gasteiger partial charge is 0.286 e. The van der Waals surface area contributed by atoms with Gasteiger partial charge in [-0.1, -0.05) is 42.5 Å². The molecule has 166 valence electrons. The van der Waals surface area contributed by atoms with Gasteiger partial charge in [0, 0.05) is 23.1 Å². The van der Waals surface area contributed by atoms with Crippen molar-refractivity contribution in [2.75, 3.05) is 0 Å². The van der Waals surface area contributed by atoms with E-state index in [9.17, 15) is 9.90 Å². The third-order valence-corrected chi connectivity index (χ3v) is 7.26. The van der Waals surface area contributed by atoms with Crippen LogP contribution in [0.15, 0.2) is 65.7 Å². The van der Waals surface area contributed by atoms with Crippen LogP contribution in [-0.2, 0) is 27.5 Å². The first-order valence-corrected chi connectivity index (χ1v) is 12.0. The molecule has 0 spiro atoms. The van der Waals surface area contributed by atoms with Gasteiger partial charge in [0.2, 0.25) is 6.29 Å². The SMILES string of the molecule is O=C(NC1CCC1)C1=C[C@@H](c2csc3ccccc23)C[C@@H](OCc2ccc(CO)cc2)O1. The summed E-state index contributed by atoms with van der Waals surface area (Å²) in [7, 11) is 0. The molecule has 1 fully saturated rings. The Morgan fingerprint density at radius 3 is 2.66 bits per heavy atom. The van der Waals surface area contributed by atoms with E-state index in [1.807, 2.05) is 36.4 Å². The Bertz CT molecular complexity index is 1120. The van der Waals surface area contributed by atoms with E-state index in [-0.39, 0.29) is 24.5 Å². The van der Waals surface area contributed by atoms with E-state index in [2.05, 4.69) is 28.9 Å². The van der Waals surface area contributed by atoms with E-state index in [1.54, 1.807) is 11.3 Å². The van der Waals surface area contributed by atoms with Crippen molar-refractivity contribution in [2.24, 2.45) is 0 Å². The Kier molecular flexibility index (Phi) is 6.26. The average Bonchev–Trinajstić information content (AvgIpc) is 3.24. The number of amides is 1. The number of hydrogen-bond acceptors (Lipinski definition) is 5. The predicted molar refractivity (Wildman–Crippen MR) is 125 cm³/mol. The molecule has 32 heavy (non-hydrogen) atoms. The van der Waals surface area contributed by atoms with E-state index < -0.39 is 6.29 Å². The van der Waals surface area contributed by atoms with Gasteiger partial charge in [-0.25, -0.2) is 0 Å². The second kappa shape index (κ2) is 9.45. The van der Waals surface area contributed by atoms with Crippen LogP contribution in [0.5, 0.6) is 0 Å². The van der Waals surface area contributed by atoms with Gasteiger partial charge in [-0.2, -0.15) is 0 Å². The number of allylic oxidation sites excluding steroid dienone is 1. The van der Waals surface area contributed by atoms with Gasteiger partial charge >= 0.3 is 0 Å². The summed E-state index contributed by atoms with van der Waals surface area (Å²) >= 11 is 1.72. The van der Waals surface area contributed by atoms with E-state index >= 15 is 0 Å². The summed E-state index contributed by atoms with van der Waals surface area (Å²) in [6.07, 6.45) is 5.31. The first kappa shape index (κ1) is 21.2. The Morgan fingerprint density at radius 1 is 1.12 bits per heavy atom. The van der Waals surface area contributed by atoms with Crippen molar-refractivity contribution in [3.05, 3.63) is 82.4 Å². The second-order valence-corrected chi connectivity index (χ2v) is 9.41. The zero-order valence-electron chi connectivity index (χ0n) is 17.8. The Morgan fingerprint density at radius 2 is 1.91 bits per heavy atom. The molecule has 5 rings (SSSR count). The molecule has 1 aliphatic heterocycles. The highest BCUT2D eigenvalue weighted by molar-refractivity contribution is 7.17. The molecule has 6 heteroatoms. The number of ether oxygens (including phenoxy) is 2. The fourth-order valence-electron chi connectivity index (χ4n) is 4.16.